The van der Waals surface area contributed by atoms with E-state index in [0.29, 0.717) is 0 Å². The maximum Gasteiger partial charge on any atom is 0.246 e. The molecule has 0 bridgehead atoms. The van der Waals surface area contributed by atoms with Crippen molar-refractivity contribution in [3.63, 3.8) is 0 Å². The second-order valence-corrected chi connectivity index (χ2v) is 4.01. The average Bonchev–Trinajstić information content (AvgIpc) is 1.35. The lowest BCUT2D eigenvalue weighted by Gasteiger charge is -1.75. The average molecular weight is 166 g/mol. The lowest BCUT2D eigenvalue weighted by molar-refractivity contribution is 0.613. The van der Waals surface area contributed by atoms with Crippen LogP contribution < -0.4 is 6.15 Å². The largest absolute Gasteiger partial charge is 0.344 e. The summed E-state index contributed by atoms with van der Waals surface area (Å²) in [6, 6.07) is 0. The Hall–Kier alpha value is 0.490. The SMILES string of the molecule is N.O=S(=O)(Cl)CCl. The first-order valence-electron chi connectivity index (χ1n) is 1.04. The van der Waals surface area contributed by atoms with E-state index in [4.69, 9.17) is 11.6 Å². The topological polar surface area (TPSA) is 69.1 Å². The quantitative estimate of drug-likeness (QED) is 0.465. The van der Waals surface area contributed by atoms with Gasteiger partial charge in [0.25, 0.3) is 0 Å². The molecule has 0 aliphatic rings. The van der Waals surface area contributed by atoms with Gasteiger partial charge in [-0.15, -0.1) is 11.6 Å². The Morgan fingerprint density at radius 2 is 1.57 bits per heavy atom. The molecule has 0 aromatic rings. The summed E-state index contributed by atoms with van der Waals surface area (Å²) in [6.45, 7) is 0. The molecule has 6 heteroatoms. The van der Waals surface area contributed by atoms with Crippen molar-refractivity contribution in [2.45, 2.75) is 0 Å². The van der Waals surface area contributed by atoms with Crippen molar-refractivity contribution in [2.24, 2.45) is 0 Å². The van der Waals surface area contributed by atoms with Crippen molar-refractivity contribution in [1.82, 2.24) is 6.15 Å². The van der Waals surface area contributed by atoms with Gasteiger partial charge in [0.05, 0.1) is 0 Å². The first kappa shape index (κ1) is 10.5. The minimum atomic E-state index is -3.42. The summed E-state index contributed by atoms with van der Waals surface area (Å²) in [6.07, 6.45) is 0. The number of rotatable bonds is 1. The van der Waals surface area contributed by atoms with Crippen LogP contribution in [-0.2, 0) is 9.05 Å². The molecule has 3 N–H and O–H groups in total. The molecule has 0 fully saturated rings. The Kier molecular flexibility index (Phi) is 5.21. The number of alkyl halides is 1. The van der Waals surface area contributed by atoms with E-state index in [1.165, 1.54) is 0 Å². The molecule has 0 aliphatic carbocycles. The van der Waals surface area contributed by atoms with Crippen LogP contribution >= 0.6 is 22.3 Å². The second-order valence-electron chi connectivity index (χ2n) is 0.648. The lowest BCUT2D eigenvalue weighted by Crippen LogP contribution is -1.85. The van der Waals surface area contributed by atoms with Gasteiger partial charge in [0.15, 0.2) is 0 Å². The highest BCUT2D eigenvalue weighted by atomic mass is 35.7. The zero-order valence-corrected chi connectivity index (χ0v) is 5.72. The highest BCUT2D eigenvalue weighted by Crippen LogP contribution is 1.96. The molecule has 0 unspecified atom stereocenters. The fourth-order valence-electron chi connectivity index (χ4n) is 0. The van der Waals surface area contributed by atoms with Crippen LogP contribution in [0.5, 0.6) is 0 Å². The summed E-state index contributed by atoms with van der Waals surface area (Å²) in [5.41, 5.74) is 0. The minimum Gasteiger partial charge on any atom is -0.344 e. The third-order valence-corrected chi connectivity index (χ3v) is 1.92. The van der Waals surface area contributed by atoms with Gasteiger partial charge in [0, 0.05) is 10.7 Å². The molecule has 0 aliphatic heterocycles. The maximum absolute atomic E-state index is 9.63. The third kappa shape index (κ3) is 10.7. The summed E-state index contributed by atoms with van der Waals surface area (Å²) in [5, 5.41) is -0.519. The fourth-order valence-corrected chi connectivity index (χ4v) is 0. The zero-order valence-electron chi connectivity index (χ0n) is 3.39. The van der Waals surface area contributed by atoms with Gasteiger partial charge < -0.3 is 6.15 Å². The second kappa shape index (κ2) is 3.49. The van der Waals surface area contributed by atoms with Crippen molar-refractivity contribution >= 4 is 31.3 Å². The van der Waals surface area contributed by atoms with Crippen LogP contribution in [0.2, 0.25) is 0 Å². The summed E-state index contributed by atoms with van der Waals surface area (Å²) in [7, 11) is 1.13. The molecule has 7 heavy (non-hydrogen) atoms. The van der Waals surface area contributed by atoms with Crippen molar-refractivity contribution in [3.8, 4) is 0 Å². The lowest BCUT2D eigenvalue weighted by atomic mass is 11.9. The first-order chi connectivity index (χ1) is 2.56. The normalized spacial score (nSPS) is 10.0. The Bertz CT molecular complexity index is 118. The van der Waals surface area contributed by atoms with Crippen LogP contribution in [0.1, 0.15) is 0 Å². The Labute approximate surface area is 51.6 Å². The number of hydrogen-bond donors (Lipinski definition) is 1. The predicted octanol–water partition coefficient (Wildman–Crippen LogP) is 0.913. The van der Waals surface area contributed by atoms with Gasteiger partial charge in [0.2, 0.25) is 9.05 Å². The molecule has 0 spiro atoms. The minimum absolute atomic E-state index is 0. The molecule has 0 radical (unpaired) electrons. The van der Waals surface area contributed by atoms with Gasteiger partial charge in [-0.25, -0.2) is 8.42 Å². The van der Waals surface area contributed by atoms with Crippen LogP contribution in [-0.4, -0.2) is 13.6 Å². The van der Waals surface area contributed by atoms with Gasteiger partial charge in [-0.1, -0.05) is 0 Å². The molecule has 0 aromatic heterocycles. The number of halogens is 2. The highest BCUT2D eigenvalue weighted by Gasteiger charge is 1.97. The van der Waals surface area contributed by atoms with Crippen LogP contribution in [0.3, 0.4) is 0 Å². The molecule has 0 amide bonds. The van der Waals surface area contributed by atoms with Crippen molar-refractivity contribution in [1.29, 1.82) is 0 Å². The van der Waals surface area contributed by atoms with E-state index in [1.54, 1.807) is 0 Å². The molecule has 0 saturated carbocycles. The van der Waals surface area contributed by atoms with E-state index in [0.717, 1.165) is 0 Å². The smallest absolute Gasteiger partial charge is 0.246 e. The molecule has 0 rings (SSSR count). The van der Waals surface area contributed by atoms with Gasteiger partial charge in [-0.05, 0) is 0 Å². The summed E-state index contributed by atoms with van der Waals surface area (Å²) < 4.78 is 19.3. The number of hydrogen-bond acceptors (Lipinski definition) is 3. The molecule has 0 saturated heterocycles. The van der Waals surface area contributed by atoms with Gasteiger partial charge in [-0.2, -0.15) is 0 Å². The summed E-state index contributed by atoms with van der Waals surface area (Å²) in [4.78, 5) is 0. The standard InChI is InChI=1S/CH2Cl2O2S.H3N/c2-1-6(3,4)5;/h1H2;1H3. The van der Waals surface area contributed by atoms with E-state index in [1.807, 2.05) is 0 Å². The molecule has 46 valence electrons. The van der Waals surface area contributed by atoms with Gasteiger partial charge in [0.1, 0.15) is 5.21 Å². The van der Waals surface area contributed by atoms with Crippen LogP contribution in [0.4, 0.5) is 0 Å². The zero-order chi connectivity index (χ0) is 5.21. The van der Waals surface area contributed by atoms with Crippen LogP contribution in [0.15, 0.2) is 0 Å². The Morgan fingerprint density at radius 3 is 1.57 bits per heavy atom. The van der Waals surface area contributed by atoms with E-state index in [2.05, 4.69) is 10.7 Å². The monoisotopic (exact) mass is 165 g/mol. The maximum atomic E-state index is 9.63. The molecule has 3 nitrogen and oxygen atoms in total. The third-order valence-electron chi connectivity index (χ3n) is 0.130. The molecular weight excluding hydrogens is 161 g/mol. The summed E-state index contributed by atoms with van der Waals surface area (Å²) >= 11 is 4.76. The van der Waals surface area contributed by atoms with E-state index in [-0.39, 0.29) is 6.15 Å². The van der Waals surface area contributed by atoms with Gasteiger partial charge in [-0.3, -0.25) is 0 Å². The fraction of sp³-hybridized carbons (Fsp3) is 1.00. The Morgan fingerprint density at radius 1 is 1.43 bits per heavy atom. The summed E-state index contributed by atoms with van der Waals surface area (Å²) in [5.74, 6) is 0. The van der Waals surface area contributed by atoms with Crippen molar-refractivity contribution in [3.05, 3.63) is 0 Å². The van der Waals surface area contributed by atoms with E-state index < -0.39 is 14.3 Å². The molecule has 0 aromatic carbocycles. The Balaban J connectivity index is 0. The molecule has 0 atom stereocenters. The highest BCUT2D eigenvalue weighted by molar-refractivity contribution is 8.14. The van der Waals surface area contributed by atoms with E-state index >= 15 is 0 Å². The van der Waals surface area contributed by atoms with Crippen molar-refractivity contribution < 1.29 is 8.42 Å². The van der Waals surface area contributed by atoms with Crippen LogP contribution in [0, 0.1) is 0 Å². The predicted molar refractivity (Wildman–Crippen MR) is 30.5 cm³/mol. The van der Waals surface area contributed by atoms with Gasteiger partial charge >= 0.3 is 0 Å². The van der Waals surface area contributed by atoms with Crippen molar-refractivity contribution in [2.75, 3.05) is 5.21 Å². The first-order valence-corrected chi connectivity index (χ1v) is 4.06. The molecular formula is CH5Cl2NO2S. The molecule has 0 heterocycles. The van der Waals surface area contributed by atoms with E-state index in [9.17, 15) is 8.42 Å². The van der Waals surface area contributed by atoms with Crippen LogP contribution in [0.25, 0.3) is 0 Å².